The molecule has 2 rings (SSSR count). The molecule has 0 spiro atoms. The first-order valence-corrected chi connectivity index (χ1v) is 9.36. The van der Waals surface area contributed by atoms with Crippen molar-refractivity contribution in [1.29, 1.82) is 0 Å². The van der Waals surface area contributed by atoms with Gasteiger partial charge in [0.2, 0.25) is 0 Å². The maximum Gasteiger partial charge on any atom is 0.341 e. The second-order valence-electron chi connectivity index (χ2n) is 6.46. The Labute approximate surface area is 158 Å². The molecule has 1 heterocycles. The molecule has 6 heteroatoms. The highest BCUT2D eigenvalue weighted by Gasteiger charge is 2.21. The van der Waals surface area contributed by atoms with Gasteiger partial charge in [0.25, 0.3) is 5.91 Å². The standard InChI is InChI=1S/C20H24N2O3S/c1-13(2)12-22-18(23)15(4)25-20(24)17-6-5-11-21-19(17)26-16-9-7-14(3)8-10-16/h5-11,13,15H,12H2,1-4H3,(H,22,23)/t15-/m1/s1. The summed E-state index contributed by atoms with van der Waals surface area (Å²) in [6, 6.07) is 11.3. The molecule has 0 radical (unpaired) electrons. The molecule has 0 saturated carbocycles. The highest BCUT2D eigenvalue weighted by atomic mass is 32.2. The third kappa shape index (κ3) is 5.88. The lowest BCUT2D eigenvalue weighted by Crippen LogP contribution is -2.37. The van der Waals surface area contributed by atoms with Gasteiger partial charge >= 0.3 is 5.97 Å². The van der Waals surface area contributed by atoms with E-state index in [4.69, 9.17) is 4.74 Å². The van der Waals surface area contributed by atoms with E-state index in [0.29, 0.717) is 23.1 Å². The molecule has 0 aliphatic rings. The minimum Gasteiger partial charge on any atom is -0.449 e. The van der Waals surface area contributed by atoms with Crippen molar-refractivity contribution >= 4 is 23.6 Å². The topological polar surface area (TPSA) is 68.3 Å². The molecule has 0 fully saturated rings. The predicted octanol–water partition coefficient (Wildman–Crippen LogP) is 3.86. The summed E-state index contributed by atoms with van der Waals surface area (Å²) in [4.78, 5) is 29.8. The van der Waals surface area contributed by atoms with Gasteiger partial charge in [-0.05, 0) is 44.0 Å². The number of carbonyl (C=O) groups is 2. The van der Waals surface area contributed by atoms with Crippen molar-refractivity contribution in [2.45, 2.75) is 43.7 Å². The molecule has 5 nitrogen and oxygen atoms in total. The molecular weight excluding hydrogens is 348 g/mol. The van der Waals surface area contributed by atoms with Crippen LogP contribution < -0.4 is 5.32 Å². The average Bonchev–Trinajstić information content (AvgIpc) is 2.61. The average molecular weight is 372 g/mol. The lowest BCUT2D eigenvalue weighted by molar-refractivity contribution is -0.129. The van der Waals surface area contributed by atoms with E-state index in [-0.39, 0.29) is 5.91 Å². The fraction of sp³-hybridized carbons (Fsp3) is 0.350. The SMILES string of the molecule is Cc1ccc(Sc2ncccc2C(=O)O[C@H](C)C(=O)NCC(C)C)cc1. The van der Waals surface area contributed by atoms with Gasteiger partial charge in [-0.2, -0.15) is 0 Å². The molecule has 138 valence electrons. The Kier molecular flexibility index (Phi) is 7.21. The second-order valence-corrected chi connectivity index (χ2v) is 7.52. The summed E-state index contributed by atoms with van der Waals surface area (Å²) in [5, 5.41) is 3.31. The molecule has 1 atom stereocenters. The van der Waals surface area contributed by atoms with Crippen molar-refractivity contribution in [3.63, 3.8) is 0 Å². The Morgan fingerprint density at radius 1 is 1.15 bits per heavy atom. The fourth-order valence-electron chi connectivity index (χ4n) is 2.07. The van der Waals surface area contributed by atoms with E-state index in [9.17, 15) is 9.59 Å². The van der Waals surface area contributed by atoms with Crippen LogP contribution in [0.2, 0.25) is 0 Å². The van der Waals surface area contributed by atoms with E-state index in [1.54, 1.807) is 25.3 Å². The van der Waals surface area contributed by atoms with Gasteiger partial charge in [-0.25, -0.2) is 9.78 Å². The molecule has 0 saturated heterocycles. The van der Waals surface area contributed by atoms with Gasteiger partial charge in [0.15, 0.2) is 6.10 Å². The predicted molar refractivity (Wildman–Crippen MR) is 102 cm³/mol. The van der Waals surface area contributed by atoms with Crippen LogP contribution in [0.15, 0.2) is 52.5 Å². The number of esters is 1. The minimum absolute atomic E-state index is 0.302. The van der Waals surface area contributed by atoms with Gasteiger partial charge in [-0.1, -0.05) is 43.3 Å². The van der Waals surface area contributed by atoms with Crippen LogP contribution in [0.3, 0.4) is 0 Å². The molecule has 26 heavy (non-hydrogen) atoms. The Morgan fingerprint density at radius 2 is 1.85 bits per heavy atom. The van der Waals surface area contributed by atoms with Crippen LogP contribution in [0.5, 0.6) is 0 Å². The number of pyridine rings is 1. The molecule has 0 bridgehead atoms. The highest BCUT2D eigenvalue weighted by molar-refractivity contribution is 7.99. The number of aromatic nitrogens is 1. The van der Waals surface area contributed by atoms with Gasteiger partial charge in [0, 0.05) is 17.6 Å². The Morgan fingerprint density at radius 3 is 2.50 bits per heavy atom. The molecule has 0 aliphatic heterocycles. The fourth-order valence-corrected chi connectivity index (χ4v) is 2.94. The lowest BCUT2D eigenvalue weighted by Gasteiger charge is -2.15. The van der Waals surface area contributed by atoms with Crippen LogP contribution in [0, 0.1) is 12.8 Å². The summed E-state index contributed by atoms with van der Waals surface area (Å²) in [6.45, 7) is 8.13. The number of aryl methyl sites for hydroxylation is 1. The van der Waals surface area contributed by atoms with Gasteiger partial charge in [0.05, 0.1) is 5.56 Å². The van der Waals surface area contributed by atoms with E-state index < -0.39 is 12.1 Å². The molecule has 1 N–H and O–H groups in total. The van der Waals surface area contributed by atoms with Gasteiger partial charge in [0.1, 0.15) is 5.03 Å². The highest BCUT2D eigenvalue weighted by Crippen LogP contribution is 2.29. The van der Waals surface area contributed by atoms with Crippen molar-refractivity contribution in [1.82, 2.24) is 10.3 Å². The largest absolute Gasteiger partial charge is 0.449 e. The summed E-state index contributed by atoms with van der Waals surface area (Å²) in [7, 11) is 0. The number of rotatable bonds is 7. The summed E-state index contributed by atoms with van der Waals surface area (Å²) in [6.07, 6.45) is 0.769. The van der Waals surface area contributed by atoms with Crippen LogP contribution in [-0.2, 0) is 9.53 Å². The number of benzene rings is 1. The first-order valence-electron chi connectivity index (χ1n) is 8.55. The number of carbonyl (C=O) groups excluding carboxylic acids is 2. The monoisotopic (exact) mass is 372 g/mol. The summed E-state index contributed by atoms with van der Waals surface area (Å²) < 4.78 is 5.32. The molecule has 2 aromatic rings. The molecule has 1 amide bonds. The first kappa shape index (κ1) is 20.0. The Bertz CT molecular complexity index is 760. The molecule has 0 aliphatic carbocycles. The smallest absolute Gasteiger partial charge is 0.341 e. The Hall–Kier alpha value is -2.34. The zero-order valence-electron chi connectivity index (χ0n) is 15.5. The minimum atomic E-state index is -0.862. The van der Waals surface area contributed by atoms with Gasteiger partial charge < -0.3 is 10.1 Å². The van der Waals surface area contributed by atoms with Crippen LogP contribution in [0.4, 0.5) is 0 Å². The van der Waals surface area contributed by atoms with Gasteiger partial charge in [-0.15, -0.1) is 0 Å². The van der Waals surface area contributed by atoms with E-state index in [0.717, 1.165) is 10.5 Å². The third-order valence-corrected chi connectivity index (χ3v) is 4.59. The molecule has 1 aromatic heterocycles. The summed E-state index contributed by atoms with van der Waals surface area (Å²) >= 11 is 1.39. The van der Waals surface area contributed by atoms with Crippen molar-refractivity contribution < 1.29 is 14.3 Å². The molecule has 1 aromatic carbocycles. The maximum atomic E-state index is 12.5. The molecular formula is C20H24N2O3S. The summed E-state index contributed by atoms with van der Waals surface area (Å²) in [5.74, 6) is -0.527. The van der Waals surface area contributed by atoms with E-state index >= 15 is 0 Å². The third-order valence-electron chi connectivity index (χ3n) is 3.56. The van der Waals surface area contributed by atoms with Crippen LogP contribution in [-0.4, -0.2) is 29.5 Å². The van der Waals surface area contributed by atoms with E-state index in [1.165, 1.54) is 11.8 Å². The first-order chi connectivity index (χ1) is 12.4. The van der Waals surface area contributed by atoms with E-state index in [2.05, 4.69) is 10.3 Å². The van der Waals surface area contributed by atoms with Gasteiger partial charge in [-0.3, -0.25) is 4.79 Å². The number of hydrogen-bond acceptors (Lipinski definition) is 5. The van der Waals surface area contributed by atoms with Crippen LogP contribution in [0.25, 0.3) is 0 Å². The number of ether oxygens (including phenoxy) is 1. The van der Waals surface area contributed by atoms with Crippen LogP contribution >= 0.6 is 11.8 Å². The zero-order valence-corrected chi connectivity index (χ0v) is 16.3. The Balaban J connectivity index is 2.07. The maximum absolute atomic E-state index is 12.5. The lowest BCUT2D eigenvalue weighted by atomic mass is 10.2. The number of nitrogens with zero attached hydrogens (tertiary/aromatic N) is 1. The van der Waals surface area contributed by atoms with Crippen molar-refractivity contribution in [2.75, 3.05) is 6.54 Å². The van der Waals surface area contributed by atoms with Crippen LogP contribution in [0.1, 0.15) is 36.7 Å². The number of nitrogens with one attached hydrogen (secondary N) is 1. The second kappa shape index (κ2) is 9.38. The number of amides is 1. The summed E-state index contributed by atoms with van der Waals surface area (Å²) in [5.41, 5.74) is 1.51. The molecule has 0 unspecified atom stereocenters. The number of hydrogen-bond donors (Lipinski definition) is 1. The zero-order chi connectivity index (χ0) is 19.1. The quantitative estimate of drug-likeness (QED) is 0.748. The normalized spacial score (nSPS) is 11.9. The van der Waals surface area contributed by atoms with Crippen molar-refractivity contribution in [3.05, 3.63) is 53.7 Å². The van der Waals surface area contributed by atoms with Crippen molar-refractivity contribution in [2.24, 2.45) is 5.92 Å². The van der Waals surface area contributed by atoms with Crippen molar-refractivity contribution in [3.8, 4) is 0 Å². The van der Waals surface area contributed by atoms with E-state index in [1.807, 2.05) is 45.0 Å².